The molecule has 4 heteroatoms. The van der Waals surface area contributed by atoms with Crippen molar-refractivity contribution in [3.63, 3.8) is 0 Å². The lowest BCUT2D eigenvalue weighted by Crippen LogP contribution is -2.23. The average Bonchev–Trinajstić information content (AvgIpc) is 2.25. The highest BCUT2D eigenvalue weighted by Crippen LogP contribution is 2.21. The summed E-state index contributed by atoms with van der Waals surface area (Å²) in [6, 6.07) is 6.21. The first-order valence-electron chi connectivity index (χ1n) is 5.41. The lowest BCUT2D eigenvalue weighted by atomic mass is 9.89. The molecule has 1 N–H and O–H groups in total. The van der Waals surface area contributed by atoms with E-state index in [1.165, 1.54) is 12.1 Å². The first-order chi connectivity index (χ1) is 7.80. The van der Waals surface area contributed by atoms with Crippen LogP contribution in [-0.2, 0) is 0 Å². The summed E-state index contributed by atoms with van der Waals surface area (Å²) < 4.78 is 0. The van der Waals surface area contributed by atoms with Crippen LogP contribution in [-0.4, -0.2) is 16.1 Å². The molecule has 0 bridgehead atoms. The fraction of sp³-hybridized carbons (Fsp3) is 0.385. The minimum absolute atomic E-state index is 0.0681. The van der Waals surface area contributed by atoms with Crippen LogP contribution in [0.4, 0.5) is 5.69 Å². The van der Waals surface area contributed by atoms with Crippen LogP contribution in [0.2, 0.25) is 0 Å². The molecule has 1 rings (SSSR count). The van der Waals surface area contributed by atoms with Crippen molar-refractivity contribution in [2.24, 2.45) is 5.41 Å². The summed E-state index contributed by atoms with van der Waals surface area (Å²) in [7, 11) is 0. The van der Waals surface area contributed by atoms with E-state index < -0.39 is 11.0 Å². The molecule has 0 fully saturated rings. The first-order valence-corrected chi connectivity index (χ1v) is 5.41. The molecule has 0 aliphatic carbocycles. The van der Waals surface area contributed by atoms with E-state index in [-0.39, 0.29) is 11.1 Å². The highest BCUT2D eigenvalue weighted by atomic mass is 16.6. The predicted octanol–water partition coefficient (Wildman–Crippen LogP) is 3.02. The molecule has 1 aromatic carbocycles. The quantitative estimate of drug-likeness (QED) is 0.647. The third-order valence-electron chi connectivity index (χ3n) is 2.46. The Bertz CT molecular complexity index is 415. The number of non-ortho nitro benzene ring substituents is 1. The molecule has 0 spiro atoms. The second-order valence-corrected chi connectivity index (χ2v) is 5.02. The number of nitrogens with zero attached hydrogens (tertiary/aromatic N) is 1. The molecule has 1 atom stereocenters. The van der Waals surface area contributed by atoms with Gasteiger partial charge in [0.25, 0.3) is 5.69 Å². The maximum Gasteiger partial charge on any atom is 0.269 e. The van der Waals surface area contributed by atoms with Crippen molar-refractivity contribution < 1.29 is 10.0 Å². The molecule has 17 heavy (non-hydrogen) atoms. The summed E-state index contributed by atoms with van der Waals surface area (Å²) in [6.45, 7) is 5.83. The molecule has 0 radical (unpaired) electrons. The molecular weight excluding hydrogens is 218 g/mol. The van der Waals surface area contributed by atoms with Gasteiger partial charge in [0.05, 0.1) is 11.0 Å². The highest BCUT2D eigenvalue weighted by molar-refractivity contribution is 5.52. The van der Waals surface area contributed by atoms with E-state index in [0.717, 1.165) is 5.56 Å². The lowest BCUT2D eigenvalue weighted by molar-refractivity contribution is -0.384. The van der Waals surface area contributed by atoms with Gasteiger partial charge in [-0.2, -0.15) is 0 Å². The molecule has 92 valence electrons. The summed E-state index contributed by atoms with van der Waals surface area (Å²) in [5.74, 6) is 0. The van der Waals surface area contributed by atoms with Crippen molar-refractivity contribution in [3.8, 4) is 0 Å². The van der Waals surface area contributed by atoms with Gasteiger partial charge in [0.2, 0.25) is 0 Å². The van der Waals surface area contributed by atoms with Crippen LogP contribution in [0.15, 0.2) is 30.3 Å². The molecule has 0 heterocycles. The smallest absolute Gasteiger partial charge is 0.269 e. The van der Waals surface area contributed by atoms with Crippen LogP contribution in [0.5, 0.6) is 0 Å². The van der Waals surface area contributed by atoms with Crippen LogP contribution in [0.25, 0.3) is 6.08 Å². The van der Waals surface area contributed by atoms with E-state index in [9.17, 15) is 15.2 Å². The molecule has 0 aliphatic rings. The number of hydrogen-bond donors (Lipinski definition) is 1. The van der Waals surface area contributed by atoms with E-state index in [2.05, 4.69) is 0 Å². The van der Waals surface area contributed by atoms with Gasteiger partial charge < -0.3 is 5.11 Å². The number of nitro groups is 1. The molecule has 1 aromatic rings. The zero-order chi connectivity index (χ0) is 13.1. The molecular formula is C13H17NO3. The Morgan fingerprint density at radius 1 is 1.29 bits per heavy atom. The van der Waals surface area contributed by atoms with Crippen molar-refractivity contribution in [1.29, 1.82) is 0 Å². The maximum absolute atomic E-state index is 10.5. The van der Waals surface area contributed by atoms with E-state index >= 15 is 0 Å². The number of benzene rings is 1. The van der Waals surface area contributed by atoms with Gasteiger partial charge in [-0.05, 0) is 23.1 Å². The minimum atomic E-state index is -0.544. The van der Waals surface area contributed by atoms with Crippen molar-refractivity contribution in [1.82, 2.24) is 0 Å². The Balaban J connectivity index is 2.76. The second-order valence-electron chi connectivity index (χ2n) is 5.02. The van der Waals surface area contributed by atoms with Crippen LogP contribution in [0.3, 0.4) is 0 Å². The molecule has 0 aliphatic heterocycles. The Labute approximate surface area is 101 Å². The van der Waals surface area contributed by atoms with E-state index in [1.54, 1.807) is 24.3 Å². The van der Waals surface area contributed by atoms with Gasteiger partial charge >= 0.3 is 0 Å². The number of rotatable bonds is 3. The molecule has 0 saturated carbocycles. The third-order valence-corrected chi connectivity index (χ3v) is 2.46. The number of aliphatic hydroxyl groups is 1. The van der Waals surface area contributed by atoms with Gasteiger partial charge in [-0.3, -0.25) is 10.1 Å². The molecule has 1 unspecified atom stereocenters. The van der Waals surface area contributed by atoms with Crippen LogP contribution in [0, 0.1) is 15.5 Å². The maximum atomic E-state index is 10.5. The third kappa shape index (κ3) is 4.00. The van der Waals surface area contributed by atoms with E-state index in [0.29, 0.717) is 0 Å². The summed E-state index contributed by atoms with van der Waals surface area (Å²) in [6.07, 6.45) is 2.92. The standard InChI is InChI=1S/C13H17NO3/c1-13(2,3)12(15)9-6-10-4-7-11(8-5-10)14(16)17/h4-9,12,15H,1-3H3/b9-6+. The van der Waals surface area contributed by atoms with Gasteiger partial charge in [0.15, 0.2) is 0 Å². The molecule has 0 saturated heterocycles. The Morgan fingerprint density at radius 3 is 2.24 bits per heavy atom. The van der Waals surface area contributed by atoms with Crippen molar-refractivity contribution >= 4 is 11.8 Å². The molecule has 0 aromatic heterocycles. The van der Waals surface area contributed by atoms with Crippen LogP contribution >= 0.6 is 0 Å². The van der Waals surface area contributed by atoms with Gasteiger partial charge in [0.1, 0.15) is 0 Å². The zero-order valence-corrected chi connectivity index (χ0v) is 10.3. The summed E-state index contributed by atoms with van der Waals surface area (Å²) in [5.41, 5.74) is 0.689. The van der Waals surface area contributed by atoms with Crippen LogP contribution in [0.1, 0.15) is 26.3 Å². The Hall–Kier alpha value is -1.68. The Morgan fingerprint density at radius 2 is 1.82 bits per heavy atom. The summed E-state index contributed by atoms with van der Waals surface area (Å²) in [4.78, 5) is 10.0. The SMILES string of the molecule is CC(C)(C)C(O)/C=C/c1ccc([N+](=O)[O-])cc1. The van der Waals surface area contributed by atoms with E-state index in [1.807, 2.05) is 20.8 Å². The van der Waals surface area contributed by atoms with Crippen molar-refractivity contribution in [2.75, 3.05) is 0 Å². The zero-order valence-electron chi connectivity index (χ0n) is 10.3. The second kappa shape index (κ2) is 5.10. The number of hydrogen-bond acceptors (Lipinski definition) is 3. The van der Waals surface area contributed by atoms with Crippen molar-refractivity contribution in [3.05, 3.63) is 46.0 Å². The number of aliphatic hydroxyl groups excluding tert-OH is 1. The predicted molar refractivity (Wildman–Crippen MR) is 67.6 cm³/mol. The molecule has 0 amide bonds. The normalized spacial score (nSPS) is 13.9. The monoisotopic (exact) mass is 235 g/mol. The topological polar surface area (TPSA) is 63.4 Å². The van der Waals surface area contributed by atoms with Gasteiger partial charge in [0, 0.05) is 12.1 Å². The fourth-order valence-corrected chi connectivity index (χ4v) is 1.20. The number of nitro benzene ring substituents is 1. The fourth-order valence-electron chi connectivity index (χ4n) is 1.20. The van der Waals surface area contributed by atoms with Gasteiger partial charge in [-0.15, -0.1) is 0 Å². The van der Waals surface area contributed by atoms with E-state index in [4.69, 9.17) is 0 Å². The molecule has 4 nitrogen and oxygen atoms in total. The summed E-state index contributed by atoms with van der Waals surface area (Å²) in [5, 5.41) is 20.3. The van der Waals surface area contributed by atoms with Gasteiger partial charge in [-0.1, -0.05) is 32.9 Å². The average molecular weight is 235 g/mol. The largest absolute Gasteiger partial charge is 0.388 e. The first kappa shape index (κ1) is 13.4. The lowest BCUT2D eigenvalue weighted by Gasteiger charge is -2.22. The van der Waals surface area contributed by atoms with Gasteiger partial charge in [-0.25, -0.2) is 0 Å². The summed E-state index contributed by atoms with van der Waals surface area (Å²) >= 11 is 0. The van der Waals surface area contributed by atoms with Crippen molar-refractivity contribution in [2.45, 2.75) is 26.9 Å². The highest BCUT2D eigenvalue weighted by Gasteiger charge is 2.18. The minimum Gasteiger partial charge on any atom is -0.388 e. The van der Waals surface area contributed by atoms with Crippen LogP contribution < -0.4 is 0 Å². The Kier molecular flexibility index (Phi) is 4.02.